The molecule has 0 aromatic heterocycles. The summed E-state index contributed by atoms with van der Waals surface area (Å²) in [7, 11) is 0. The van der Waals surface area contributed by atoms with Crippen molar-refractivity contribution in [3.8, 4) is 6.07 Å². The molecule has 116 valence electrons. The van der Waals surface area contributed by atoms with Gasteiger partial charge in [-0.1, -0.05) is 25.8 Å². The van der Waals surface area contributed by atoms with Gasteiger partial charge in [0.2, 0.25) is 5.71 Å². The summed E-state index contributed by atoms with van der Waals surface area (Å²) in [5, 5.41) is 12.5. The topological polar surface area (TPSA) is 53.2 Å². The van der Waals surface area contributed by atoms with E-state index >= 15 is 0 Å². The number of nitrogens with zero attached hydrogens (tertiary/aromatic N) is 3. The molecule has 0 radical (unpaired) electrons. The summed E-state index contributed by atoms with van der Waals surface area (Å²) in [6.07, 6.45) is 12.5. The van der Waals surface area contributed by atoms with Crippen LogP contribution in [0.4, 0.5) is 0 Å². The summed E-state index contributed by atoms with van der Waals surface area (Å²) in [6, 6.07) is 2.94. The minimum Gasteiger partial charge on any atom is -0.378 e. The second-order valence-corrected chi connectivity index (χ2v) is 6.54. The molecule has 1 saturated heterocycles. The molecule has 4 nitrogen and oxygen atoms in total. The van der Waals surface area contributed by atoms with Crippen molar-refractivity contribution in [3.05, 3.63) is 24.4 Å². The van der Waals surface area contributed by atoms with Crippen LogP contribution in [0.2, 0.25) is 0 Å². The molecule has 0 aromatic carbocycles. The SMILES string of the molecule is C=C(NC1CCCCC1)C1=[N+]=C(N2CCC(C#N)CC2)C=C1. The van der Waals surface area contributed by atoms with E-state index in [9.17, 15) is 0 Å². The number of piperidine rings is 1. The molecule has 0 atom stereocenters. The van der Waals surface area contributed by atoms with Crippen molar-refractivity contribution in [2.24, 2.45) is 5.92 Å². The lowest BCUT2D eigenvalue weighted by molar-refractivity contribution is 0.304. The third kappa shape index (κ3) is 3.43. The van der Waals surface area contributed by atoms with Crippen molar-refractivity contribution >= 4 is 11.5 Å². The molecule has 1 N–H and O–H groups in total. The molecule has 2 heterocycles. The molecule has 0 bridgehead atoms. The predicted molar refractivity (Wildman–Crippen MR) is 90.3 cm³/mol. The number of hydrogen-bond donors (Lipinski definition) is 1. The molecule has 2 fully saturated rings. The van der Waals surface area contributed by atoms with Crippen LogP contribution in [0, 0.1) is 17.2 Å². The van der Waals surface area contributed by atoms with E-state index < -0.39 is 0 Å². The van der Waals surface area contributed by atoms with Gasteiger partial charge >= 0.3 is 5.84 Å². The molecule has 22 heavy (non-hydrogen) atoms. The van der Waals surface area contributed by atoms with Crippen LogP contribution in [0.15, 0.2) is 24.4 Å². The normalized spacial score (nSPS) is 23.0. The lowest BCUT2D eigenvalue weighted by Crippen LogP contribution is -2.38. The number of amidine groups is 1. The molecule has 3 aliphatic rings. The maximum Gasteiger partial charge on any atom is 0.370 e. The number of likely N-dealkylation sites (tertiary alicyclic amines) is 1. The van der Waals surface area contributed by atoms with Crippen LogP contribution in [-0.4, -0.2) is 35.6 Å². The van der Waals surface area contributed by atoms with Crippen molar-refractivity contribution in [1.82, 2.24) is 14.9 Å². The van der Waals surface area contributed by atoms with Crippen molar-refractivity contribution in [2.75, 3.05) is 13.1 Å². The van der Waals surface area contributed by atoms with Gasteiger partial charge in [-0.2, -0.15) is 5.26 Å². The molecule has 2 aliphatic heterocycles. The van der Waals surface area contributed by atoms with Gasteiger partial charge in [-0.25, -0.2) is 9.57 Å². The monoisotopic (exact) mass is 297 g/mol. The Kier molecular flexibility index (Phi) is 4.65. The zero-order chi connectivity index (χ0) is 15.4. The number of nitriles is 1. The van der Waals surface area contributed by atoms with E-state index in [0.29, 0.717) is 6.04 Å². The highest BCUT2D eigenvalue weighted by atomic mass is 15.2. The van der Waals surface area contributed by atoms with Crippen LogP contribution in [0.25, 0.3) is 0 Å². The second kappa shape index (κ2) is 6.85. The molecule has 3 rings (SSSR count). The Morgan fingerprint density at radius 3 is 2.59 bits per heavy atom. The Bertz CT molecular complexity index is 560. The number of nitrogens with one attached hydrogen (secondary N) is 1. The highest BCUT2D eigenvalue weighted by Gasteiger charge is 2.29. The van der Waals surface area contributed by atoms with Gasteiger partial charge in [-0.3, -0.25) is 0 Å². The van der Waals surface area contributed by atoms with Crippen molar-refractivity contribution < 1.29 is 0 Å². The van der Waals surface area contributed by atoms with Crippen LogP contribution in [0.3, 0.4) is 0 Å². The minimum absolute atomic E-state index is 0.216. The van der Waals surface area contributed by atoms with Gasteiger partial charge in [0.25, 0.3) is 0 Å². The lowest BCUT2D eigenvalue weighted by Gasteiger charge is -2.23. The van der Waals surface area contributed by atoms with Gasteiger partial charge in [0.15, 0.2) is 0 Å². The van der Waals surface area contributed by atoms with Crippen LogP contribution in [0.1, 0.15) is 44.9 Å². The molecule has 0 aromatic rings. The van der Waals surface area contributed by atoms with Gasteiger partial charge in [-0.15, -0.1) is 0 Å². The number of rotatable bonds is 3. The van der Waals surface area contributed by atoms with E-state index in [1.165, 1.54) is 32.1 Å². The third-order valence-electron chi connectivity index (χ3n) is 4.92. The van der Waals surface area contributed by atoms with Gasteiger partial charge in [0, 0.05) is 25.0 Å². The Balaban J connectivity index is 1.60. The highest BCUT2D eigenvalue weighted by Crippen LogP contribution is 2.19. The van der Waals surface area contributed by atoms with E-state index in [1.54, 1.807) is 0 Å². The maximum atomic E-state index is 8.98. The van der Waals surface area contributed by atoms with Crippen LogP contribution >= 0.6 is 0 Å². The van der Waals surface area contributed by atoms with Crippen molar-refractivity contribution in [2.45, 2.75) is 51.0 Å². The third-order valence-corrected chi connectivity index (χ3v) is 4.92. The average molecular weight is 297 g/mol. The van der Waals surface area contributed by atoms with Crippen LogP contribution in [0.5, 0.6) is 0 Å². The van der Waals surface area contributed by atoms with E-state index in [2.05, 4.69) is 35.0 Å². The van der Waals surface area contributed by atoms with Gasteiger partial charge in [0.05, 0.1) is 36.8 Å². The fourth-order valence-corrected chi connectivity index (χ4v) is 3.50. The average Bonchev–Trinajstić information content (AvgIpc) is 3.06. The van der Waals surface area contributed by atoms with E-state index in [-0.39, 0.29) is 5.92 Å². The largest absolute Gasteiger partial charge is 0.378 e. The lowest BCUT2D eigenvalue weighted by atomic mass is 9.95. The number of allylic oxidation sites excluding steroid dienone is 1. The molecule has 0 amide bonds. The molecule has 1 saturated carbocycles. The first-order valence-corrected chi connectivity index (χ1v) is 8.50. The zero-order valence-corrected chi connectivity index (χ0v) is 13.2. The van der Waals surface area contributed by atoms with Gasteiger partial charge < -0.3 is 5.32 Å². The molecule has 0 unspecified atom stereocenters. The van der Waals surface area contributed by atoms with E-state index in [1.807, 2.05) is 0 Å². The Morgan fingerprint density at radius 1 is 1.18 bits per heavy atom. The first kappa shape index (κ1) is 14.9. The summed E-state index contributed by atoms with van der Waals surface area (Å²) in [5.74, 6) is 1.24. The first-order valence-electron chi connectivity index (χ1n) is 8.50. The quantitative estimate of drug-likeness (QED) is 0.812. The molecule has 4 heteroatoms. The fraction of sp³-hybridized carbons (Fsp3) is 0.611. The molecule has 1 aliphatic carbocycles. The van der Waals surface area contributed by atoms with Crippen LogP contribution < -0.4 is 9.98 Å². The van der Waals surface area contributed by atoms with Gasteiger partial charge in [0.1, 0.15) is 0 Å². The highest BCUT2D eigenvalue weighted by molar-refractivity contribution is 6.16. The molecule has 0 spiro atoms. The minimum atomic E-state index is 0.216. The Morgan fingerprint density at radius 2 is 1.91 bits per heavy atom. The smallest absolute Gasteiger partial charge is 0.370 e. The fourth-order valence-electron chi connectivity index (χ4n) is 3.50. The van der Waals surface area contributed by atoms with E-state index in [0.717, 1.165) is 43.2 Å². The summed E-state index contributed by atoms with van der Waals surface area (Å²) in [4.78, 5) is 2.28. The molecular formula is C18H25N4+. The second-order valence-electron chi connectivity index (χ2n) is 6.54. The standard InChI is InChI=1S/C18H25N4/c1-14(20-16-5-3-2-4-6-16)17-7-8-18(21-17)22-11-9-15(13-19)10-12-22/h7-8,15-16,20H,1-6,9-12H2/q+1. The van der Waals surface area contributed by atoms with Gasteiger partial charge in [-0.05, 0) is 12.8 Å². The summed E-state index contributed by atoms with van der Waals surface area (Å²) < 4.78 is 4.73. The summed E-state index contributed by atoms with van der Waals surface area (Å²) in [5.41, 5.74) is 1.91. The summed E-state index contributed by atoms with van der Waals surface area (Å²) in [6.45, 7) is 6.02. The Labute approximate surface area is 132 Å². The first-order chi connectivity index (χ1) is 10.8. The Hall–Kier alpha value is -1.98. The molecular weight excluding hydrogens is 272 g/mol. The van der Waals surface area contributed by atoms with E-state index in [4.69, 9.17) is 9.93 Å². The van der Waals surface area contributed by atoms with Crippen molar-refractivity contribution in [3.63, 3.8) is 0 Å². The number of hydrogen-bond acceptors (Lipinski definition) is 3. The maximum absolute atomic E-state index is 8.98. The zero-order valence-electron chi connectivity index (χ0n) is 13.2. The van der Waals surface area contributed by atoms with Crippen molar-refractivity contribution in [1.29, 1.82) is 5.26 Å². The van der Waals surface area contributed by atoms with Crippen LogP contribution in [-0.2, 0) is 0 Å². The predicted octanol–water partition coefficient (Wildman–Crippen LogP) is 2.13. The summed E-state index contributed by atoms with van der Waals surface area (Å²) >= 11 is 0.